The first-order valence-electron chi connectivity index (χ1n) is 13.9. The lowest BCUT2D eigenvalue weighted by Gasteiger charge is -2.32. The van der Waals surface area contributed by atoms with E-state index >= 15 is 0 Å². The van der Waals surface area contributed by atoms with Crippen molar-refractivity contribution in [2.75, 3.05) is 26.8 Å². The van der Waals surface area contributed by atoms with Crippen molar-refractivity contribution in [2.24, 2.45) is 0 Å². The van der Waals surface area contributed by atoms with Gasteiger partial charge in [-0.2, -0.15) is 18.3 Å². The third-order valence-corrected chi connectivity index (χ3v) is 8.08. The maximum atomic E-state index is 13.0. The SMILES string of the molecule is COCCc1cc(-c2n[nH]c(C(F)(F)F)n2)cnc1CN1CCC(c2cccc3c2O[C@](C)(c2ccc(Cl)cn2)O3)CC1. The Balaban J connectivity index is 1.14. The Morgan fingerprint density at radius 2 is 1.93 bits per heavy atom. The zero-order chi connectivity index (χ0) is 30.2. The number of methoxy groups -OCH3 is 1. The number of rotatable bonds is 8. The van der Waals surface area contributed by atoms with Gasteiger partial charge >= 0.3 is 6.18 Å². The van der Waals surface area contributed by atoms with E-state index in [-0.39, 0.29) is 11.7 Å². The highest BCUT2D eigenvalue weighted by atomic mass is 35.5. The van der Waals surface area contributed by atoms with Gasteiger partial charge in [0.1, 0.15) is 5.69 Å². The van der Waals surface area contributed by atoms with E-state index in [9.17, 15) is 13.2 Å². The number of para-hydroxylation sites is 1. The van der Waals surface area contributed by atoms with Gasteiger partial charge in [0.2, 0.25) is 5.82 Å². The first-order valence-corrected chi connectivity index (χ1v) is 14.3. The molecule has 5 heterocycles. The molecule has 0 amide bonds. The third-order valence-electron chi connectivity index (χ3n) is 7.85. The predicted octanol–water partition coefficient (Wildman–Crippen LogP) is 6.15. The molecule has 2 aliphatic heterocycles. The lowest BCUT2D eigenvalue weighted by molar-refractivity contribution is -0.144. The molecule has 1 aromatic carbocycles. The number of pyridine rings is 2. The summed E-state index contributed by atoms with van der Waals surface area (Å²) in [5.41, 5.74) is 3.92. The number of ether oxygens (including phenoxy) is 3. The van der Waals surface area contributed by atoms with Crippen molar-refractivity contribution in [2.45, 2.75) is 50.6 Å². The van der Waals surface area contributed by atoms with Gasteiger partial charge in [0.05, 0.1) is 17.3 Å². The van der Waals surface area contributed by atoms with Crippen LogP contribution in [0.1, 0.15) is 54.0 Å². The highest BCUT2D eigenvalue weighted by molar-refractivity contribution is 6.30. The quantitative estimate of drug-likeness (QED) is 0.253. The Kier molecular flexibility index (Phi) is 8.01. The Hall–Kier alpha value is -3.74. The Labute approximate surface area is 251 Å². The molecule has 1 saturated heterocycles. The maximum absolute atomic E-state index is 13.0. The number of hydrogen-bond donors (Lipinski definition) is 1. The number of H-pyrrole nitrogens is 1. The Morgan fingerprint density at radius 1 is 1.12 bits per heavy atom. The summed E-state index contributed by atoms with van der Waals surface area (Å²) >= 11 is 6.02. The number of nitrogens with one attached hydrogen (secondary N) is 1. The van der Waals surface area contributed by atoms with Crippen molar-refractivity contribution in [3.8, 4) is 22.9 Å². The van der Waals surface area contributed by atoms with Crippen molar-refractivity contribution in [1.82, 2.24) is 30.0 Å². The van der Waals surface area contributed by atoms with Gasteiger partial charge in [-0.1, -0.05) is 23.7 Å². The Morgan fingerprint density at radius 3 is 2.63 bits per heavy atom. The second kappa shape index (κ2) is 11.7. The van der Waals surface area contributed by atoms with Crippen molar-refractivity contribution in [1.29, 1.82) is 0 Å². The Bertz CT molecular complexity index is 1590. The highest BCUT2D eigenvalue weighted by Gasteiger charge is 2.42. The van der Waals surface area contributed by atoms with Gasteiger partial charge in [-0.05, 0) is 68.1 Å². The van der Waals surface area contributed by atoms with Crippen molar-refractivity contribution < 1.29 is 27.4 Å². The fourth-order valence-corrected chi connectivity index (χ4v) is 5.69. The molecule has 0 aliphatic carbocycles. The van der Waals surface area contributed by atoms with Gasteiger partial charge in [0.25, 0.3) is 5.79 Å². The predicted molar refractivity (Wildman–Crippen MR) is 152 cm³/mol. The van der Waals surface area contributed by atoms with Gasteiger partial charge in [0, 0.05) is 44.1 Å². The maximum Gasteiger partial charge on any atom is 0.451 e. The van der Waals surface area contributed by atoms with Crippen LogP contribution in [0, 0.1) is 0 Å². The molecular formula is C30H30ClF3N6O3. The van der Waals surface area contributed by atoms with Crippen LogP contribution >= 0.6 is 11.6 Å². The standard InChI is InChI=1S/C30H30ClF3N6O3/c1-29(25-7-6-21(31)16-36-25)42-24-5-3-4-22(26(24)43-29)18-8-11-40(12-9-18)17-23-19(10-13-41-2)14-20(15-35-23)27-37-28(39-38-27)30(32,33)34/h3-7,14-16,18H,8-13,17H2,1-2H3,(H,37,38,39)/t29-/m1/s1. The zero-order valence-corrected chi connectivity index (χ0v) is 24.4. The van der Waals surface area contributed by atoms with E-state index in [1.165, 1.54) is 6.20 Å². The summed E-state index contributed by atoms with van der Waals surface area (Å²) in [6.07, 6.45) is 0.899. The average molecular weight is 615 g/mol. The number of benzene rings is 1. The largest absolute Gasteiger partial charge is 0.451 e. The van der Waals surface area contributed by atoms with Crippen LogP contribution in [0.3, 0.4) is 0 Å². The van der Waals surface area contributed by atoms with E-state index in [4.69, 9.17) is 25.8 Å². The number of alkyl halides is 3. The van der Waals surface area contributed by atoms with E-state index in [1.807, 2.05) is 24.2 Å². The van der Waals surface area contributed by atoms with Crippen molar-refractivity contribution in [3.63, 3.8) is 0 Å². The van der Waals surface area contributed by atoms with E-state index in [0.717, 1.165) is 48.5 Å². The molecule has 226 valence electrons. The highest BCUT2D eigenvalue weighted by Crippen LogP contribution is 2.49. The van der Waals surface area contributed by atoms with Crippen LogP contribution < -0.4 is 9.47 Å². The molecule has 13 heteroatoms. The van der Waals surface area contributed by atoms with E-state index in [2.05, 4.69) is 31.0 Å². The number of aromatic amines is 1. The molecule has 2 aliphatic rings. The summed E-state index contributed by atoms with van der Waals surface area (Å²) in [6, 6.07) is 11.4. The molecule has 1 atom stereocenters. The minimum Gasteiger partial charge on any atom is -0.443 e. The van der Waals surface area contributed by atoms with Gasteiger partial charge in [-0.25, -0.2) is 4.98 Å². The van der Waals surface area contributed by atoms with Gasteiger partial charge in [-0.3, -0.25) is 20.0 Å². The van der Waals surface area contributed by atoms with Gasteiger partial charge < -0.3 is 14.2 Å². The summed E-state index contributed by atoms with van der Waals surface area (Å²) in [5, 5.41) is 6.25. The van der Waals surface area contributed by atoms with E-state index < -0.39 is 17.8 Å². The fraction of sp³-hybridized carbons (Fsp3) is 0.400. The topological polar surface area (TPSA) is 98.3 Å². The summed E-state index contributed by atoms with van der Waals surface area (Å²) in [5.74, 6) is -0.498. The van der Waals surface area contributed by atoms with Crippen LogP contribution in [0.5, 0.6) is 11.5 Å². The van der Waals surface area contributed by atoms with Gasteiger partial charge in [-0.15, -0.1) is 0 Å². The molecule has 3 aromatic heterocycles. The summed E-state index contributed by atoms with van der Waals surface area (Å²) < 4.78 is 57.0. The fourth-order valence-electron chi connectivity index (χ4n) is 5.58. The number of nitrogens with zero attached hydrogens (tertiary/aromatic N) is 5. The first-order chi connectivity index (χ1) is 20.6. The van der Waals surface area contributed by atoms with Crippen LogP contribution in [-0.2, 0) is 29.7 Å². The molecule has 1 fully saturated rings. The third kappa shape index (κ3) is 6.17. The number of halogens is 4. The number of likely N-dealkylation sites (tertiary alicyclic amines) is 1. The second-order valence-corrected chi connectivity index (χ2v) is 11.3. The molecule has 1 N–H and O–H groups in total. The molecule has 9 nitrogen and oxygen atoms in total. The number of aromatic nitrogens is 5. The molecule has 0 unspecified atom stereocenters. The minimum atomic E-state index is -4.60. The summed E-state index contributed by atoms with van der Waals surface area (Å²) in [4.78, 5) is 15.0. The van der Waals surface area contributed by atoms with Crippen LogP contribution in [0.2, 0.25) is 5.02 Å². The minimum absolute atomic E-state index is 0.0459. The molecule has 4 aromatic rings. The van der Waals surface area contributed by atoms with Gasteiger partial charge in [0.15, 0.2) is 17.3 Å². The number of piperidine rings is 1. The molecular weight excluding hydrogens is 585 g/mol. The molecule has 0 radical (unpaired) electrons. The summed E-state index contributed by atoms with van der Waals surface area (Å²) in [7, 11) is 1.61. The van der Waals surface area contributed by atoms with Crippen molar-refractivity contribution >= 4 is 11.6 Å². The van der Waals surface area contributed by atoms with Crippen LogP contribution in [0.25, 0.3) is 11.4 Å². The lowest BCUT2D eigenvalue weighted by atomic mass is 9.88. The van der Waals surface area contributed by atoms with Crippen molar-refractivity contribution in [3.05, 3.63) is 82.2 Å². The monoisotopic (exact) mass is 614 g/mol. The van der Waals surface area contributed by atoms with Crippen LogP contribution in [0.15, 0.2) is 48.8 Å². The molecule has 6 rings (SSSR count). The van der Waals surface area contributed by atoms with Crippen LogP contribution in [0.4, 0.5) is 13.2 Å². The zero-order valence-electron chi connectivity index (χ0n) is 23.6. The lowest BCUT2D eigenvalue weighted by Crippen LogP contribution is -2.34. The molecule has 0 spiro atoms. The molecule has 0 bridgehead atoms. The normalized spacial score (nSPS) is 19.2. The number of hydrogen-bond acceptors (Lipinski definition) is 8. The van der Waals surface area contributed by atoms with E-state index in [0.29, 0.717) is 41.6 Å². The van der Waals surface area contributed by atoms with E-state index in [1.54, 1.807) is 31.5 Å². The smallest absolute Gasteiger partial charge is 0.443 e. The molecule has 0 saturated carbocycles. The first kappa shape index (κ1) is 29.3. The second-order valence-electron chi connectivity index (χ2n) is 10.8. The summed E-state index contributed by atoms with van der Waals surface area (Å²) in [6.45, 7) is 4.60. The average Bonchev–Trinajstić information content (AvgIpc) is 3.63. The van der Waals surface area contributed by atoms with Crippen LogP contribution in [-0.4, -0.2) is 56.9 Å². The number of fused-ring (bicyclic) bond motifs is 1. The molecule has 43 heavy (non-hydrogen) atoms.